The normalized spacial score (nSPS) is 14.2. The summed E-state index contributed by atoms with van der Waals surface area (Å²) in [5, 5.41) is 8.84. The highest BCUT2D eigenvalue weighted by atomic mass is 35.5. The summed E-state index contributed by atoms with van der Waals surface area (Å²) in [6.07, 6.45) is 2.38. The first-order valence-corrected chi connectivity index (χ1v) is 12.5. The van der Waals surface area contributed by atoms with E-state index in [9.17, 15) is 4.79 Å². The molecule has 1 saturated heterocycles. The van der Waals surface area contributed by atoms with E-state index in [2.05, 4.69) is 15.3 Å². The number of carbonyl (C=O) groups is 1. The van der Waals surface area contributed by atoms with Crippen molar-refractivity contribution in [2.75, 3.05) is 44.8 Å². The van der Waals surface area contributed by atoms with Gasteiger partial charge in [0.15, 0.2) is 0 Å². The molecule has 3 aromatic rings. The summed E-state index contributed by atoms with van der Waals surface area (Å²) in [6.45, 7) is 4.61. The van der Waals surface area contributed by atoms with Crippen LogP contribution in [-0.2, 0) is 23.0 Å². The van der Waals surface area contributed by atoms with E-state index < -0.39 is 0 Å². The van der Waals surface area contributed by atoms with Gasteiger partial charge in [0.05, 0.1) is 30.1 Å². The Morgan fingerprint density at radius 3 is 2.63 bits per heavy atom. The van der Waals surface area contributed by atoms with Gasteiger partial charge < -0.3 is 14.8 Å². The van der Waals surface area contributed by atoms with Crippen LogP contribution in [0.25, 0.3) is 11.3 Å². The fraction of sp³-hybridized carbons (Fsp3) is 0.360. The number of nitrogens with one attached hydrogen (secondary N) is 1. The standard InChI is InChI=1S/C25H27Cl3N4O3/c1-31-25(22(28)16-29-31)20-15-19(5-6-23(20)35-13-10-32-8-11-34-12-9-32)30-24(33)7-3-17-2-4-18(26)14-21(17)27/h2,4-6,14-16H,3,7-13H2,1H3,(H,30,33). The smallest absolute Gasteiger partial charge is 0.224 e. The molecule has 0 atom stereocenters. The van der Waals surface area contributed by atoms with Gasteiger partial charge in [0.2, 0.25) is 5.91 Å². The molecular weight excluding hydrogens is 511 g/mol. The molecule has 7 nitrogen and oxygen atoms in total. The quantitative estimate of drug-likeness (QED) is 0.400. The van der Waals surface area contributed by atoms with Crippen molar-refractivity contribution in [2.24, 2.45) is 7.05 Å². The molecule has 2 aromatic carbocycles. The molecule has 1 fully saturated rings. The summed E-state index contributed by atoms with van der Waals surface area (Å²) in [7, 11) is 1.82. The third kappa shape index (κ3) is 6.90. The summed E-state index contributed by atoms with van der Waals surface area (Å²) in [5.41, 5.74) is 3.00. The Balaban J connectivity index is 1.45. The van der Waals surface area contributed by atoms with Crippen LogP contribution in [0.5, 0.6) is 5.75 Å². The topological polar surface area (TPSA) is 68.6 Å². The maximum Gasteiger partial charge on any atom is 0.224 e. The molecule has 1 N–H and O–H groups in total. The maximum absolute atomic E-state index is 12.7. The van der Waals surface area contributed by atoms with E-state index in [0.29, 0.717) is 39.5 Å². The first kappa shape index (κ1) is 25.8. The van der Waals surface area contributed by atoms with Gasteiger partial charge in [0.25, 0.3) is 0 Å². The molecule has 0 aliphatic carbocycles. The van der Waals surface area contributed by atoms with E-state index in [1.807, 2.05) is 31.3 Å². The van der Waals surface area contributed by atoms with E-state index in [-0.39, 0.29) is 12.3 Å². The van der Waals surface area contributed by atoms with Crippen molar-refractivity contribution in [1.29, 1.82) is 0 Å². The summed E-state index contributed by atoms with van der Waals surface area (Å²) in [6, 6.07) is 10.8. The zero-order valence-corrected chi connectivity index (χ0v) is 21.7. The minimum Gasteiger partial charge on any atom is -0.492 e. The first-order chi connectivity index (χ1) is 16.9. The molecule has 2 heterocycles. The number of ether oxygens (including phenoxy) is 2. The number of rotatable bonds is 9. The molecule has 1 aliphatic heterocycles. The number of hydrogen-bond acceptors (Lipinski definition) is 5. The van der Waals surface area contributed by atoms with Crippen molar-refractivity contribution < 1.29 is 14.3 Å². The summed E-state index contributed by atoms with van der Waals surface area (Å²) in [5.74, 6) is 0.550. The van der Waals surface area contributed by atoms with Crippen molar-refractivity contribution in [3.05, 3.63) is 63.2 Å². The highest BCUT2D eigenvalue weighted by Gasteiger charge is 2.17. The fourth-order valence-electron chi connectivity index (χ4n) is 3.94. The lowest BCUT2D eigenvalue weighted by Crippen LogP contribution is -2.38. The van der Waals surface area contributed by atoms with Gasteiger partial charge in [-0.15, -0.1) is 0 Å². The molecule has 4 rings (SSSR count). The number of morpholine rings is 1. The molecule has 186 valence electrons. The molecule has 1 amide bonds. The lowest BCUT2D eigenvalue weighted by atomic mass is 10.1. The predicted molar refractivity (Wildman–Crippen MR) is 140 cm³/mol. The Hall–Kier alpha value is -2.29. The van der Waals surface area contributed by atoms with Crippen molar-refractivity contribution in [3.8, 4) is 17.0 Å². The second-order valence-electron chi connectivity index (χ2n) is 8.26. The van der Waals surface area contributed by atoms with E-state index in [4.69, 9.17) is 44.3 Å². The van der Waals surface area contributed by atoms with Gasteiger partial charge in [0.1, 0.15) is 12.4 Å². The predicted octanol–water partition coefficient (Wildman–Crippen LogP) is 5.33. The van der Waals surface area contributed by atoms with Crippen molar-refractivity contribution >= 4 is 46.4 Å². The van der Waals surface area contributed by atoms with Gasteiger partial charge >= 0.3 is 0 Å². The average Bonchev–Trinajstić information content (AvgIpc) is 3.17. The Bertz CT molecular complexity index is 1160. The van der Waals surface area contributed by atoms with E-state index in [1.54, 1.807) is 23.0 Å². The van der Waals surface area contributed by atoms with Gasteiger partial charge in [-0.1, -0.05) is 40.9 Å². The molecular formula is C25H27Cl3N4O3. The number of hydrogen-bond donors (Lipinski definition) is 1. The van der Waals surface area contributed by atoms with Crippen LogP contribution in [-0.4, -0.2) is 60.0 Å². The molecule has 1 aliphatic rings. The Kier molecular flexibility index (Phi) is 8.92. The molecule has 1 aromatic heterocycles. The van der Waals surface area contributed by atoms with Gasteiger partial charge in [-0.05, 0) is 42.3 Å². The number of amides is 1. The Morgan fingerprint density at radius 2 is 1.91 bits per heavy atom. The summed E-state index contributed by atoms with van der Waals surface area (Å²) in [4.78, 5) is 15.0. The van der Waals surface area contributed by atoms with Crippen LogP contribution in [0.4, 0.5) is 5.69 Å². The summed E-state index contributed by atoms with van der Waals surface area (Å²) < 4.78 is 13.2. The molecule has 0 saturated carbocycles. The largest absolute Gasteiger partial charge is 0.492 e. The number of carbonyl (C=O) groups excluding carboxylic acids is 1. The Labute approximate surface area is 219 Å². The number of aryl methyl sites for hydroxylation is 2. The fourth-order valence-corrected chi connectivity index (χ4v) is 4.71. The minimum absolute atomic E-state index is 0.126. The van der Waals surface area contributed by atoms with Gasteiger partial charge in [-0.3, -0.25) is 14.4 Å². The monoisotopic (exact) mass is 536 g/mol. The zero-order chi connectivity index (χ0) is 24.8. The first-order valence-electron chi connectivity index (χ1n) is 11.4. The van der Waals surface area contributed by atoms with Crippen molar-refractivity contribution in [2.45, 2.75) is 12.8 Å². The van der Waals surface area contributed by atoms with Crippen LogP contribution in [0.1, 0.15) is 12.0 Å². The average molecular weight is 538 g/mol. The van der Waals surface area contributed by atoms with Crippen LogP contribution in [0.3, 0.4) is 0 Å². The number of halogens is 3. The SMILES string of the molecule is Cn1ncc(Cl)c1-c1cc(NC(=O)CCc2ccc(Cl)cc2Cl)ccc1OCCN1CCOCC1. The van der Waals surface area contributed by atoms with E-state index in [1.165, 1.54) is 0 Å². The second kappa shape index (κ2) is 12.1. The van der Waals surface area contributed by atoms with Crippen LogP contribution in [0, 0.1) is 0 Å². The number of anilines is 1. The molecule has 0 radical (unpaired) electrons. The highest BCUT2D eigenvalue weighted by Crippen LogP contribution is 2.36. The molecule has 10 heteroatoms. The van der Waals surface area contributed by atoms with Crippen LogP contribution >= 0.6 is 34.8 Å². The van der Waals surface area contributed by atoms with Crippen LogP contribution in [0.15, 0.2) is 42.6 Å². The second-order valence-corrected chi connectivity index (χ2v) is 9.51. The molecule has 0 unspecified atom stereocenters. The molecule has 0 spiro atoms. The maximum atomic E-state index is 12.7. The zero-order valence-electron chi connectivity index (χ0n) is 19.4. The van der Waals surface area contributed by atoms with Crippen molar-refractivity contribution in [1.82, 2.24) is 14.7 Å². The number of aromatic nitrogens is 2. The lowest BCUT2D eigenvalue weighted by molar-refractivity contribution is -0.116. The third-order valence-corrected chi connectivity index (χ3v) is 6.68. The highest BCUT2D eigenvalue weighted by molar-refractivity contribution is 6.35. The summed E-state index contributed by atoms with van der Waals surface area (Å²) >= 11 is 18.6. The van der Waals surface area contributed by atoms with E-state index in [0.717, 1.165) is 49.7 Å². The van der Waals surface area contributed by atoms with Gasteiger partial charge in [0, 0.05) is 54.4 Å². The van der Waals surface area contributed by atoms with Gasteiger partial charge in [-0.2, -0.15) is 5.10 Å². The third-order valence-electron chi connectivity index (χ3n) is 5.82. The van der Waals surface area contributed by atoms with Crippen LogP contribution in [0.2, 0.25) is 15.1 Å². The molecule has 35 heavy (non-hydrogen) atoms. The van der Waals surface area contributed by atoms with Gasteiger partial charge in [-0.25, -0.2) is 0 Å². The molecule has 0 bridgehead atoms. The Morgan fingerprint density at radius 1 is 1.11 bits per heavy atom. The van der Waals surface area contributed by atoms with E-state index >= 15 is 0 Å². The number of nitrogens with zero attached hydrogens (tertiary/aromatic N) is 3. The van der Waals surface area contributed by atoms with Crippen LogP contribution < -0.4 is 10.1 Å². The van der Waals surface area contributed by atoms with Crippen molar-refractivity contribution in [3.63, 3.8) is 0 Å². The lowest BCUT2D eigenvalue weighted by Gasteiger charge is -2.26. The minimum atomic E-state index is -0.126. The number of benzene rings is 2.